The summed E-state index contributed by atoms with van der Waals surface area (Å²) in [5, 5.41) is 0.659. The second-order valence-electron chi connectivity index (χ2n) is 5.47. The molecule has 0 aromatic rings. The number of imide groups is 1. The monoisotopic (exact) mass is 263 g/mol. The maximum Gasteiger partial charge on any atom is 0.336 e. The van der Waals surface area contributed by atoms with Crippen LogP contribution >= 0.6 is 0 Å². The summed E-state index contributed by atoms with van der Waals surface area (Å²) in [5.74, 6) is -0.603. The number of hydrogen-bond donors (Lipinski definition) is 0. The molecule has 1 saturated heterocycles. The second-order valence-corrected chi connectivity index (χ2v) is 5.47. The lowest BCUT2D eigenvalue weighted by molar-refractivity contribution is -0.199. The van der Waals surface area contributed by atoms with Gasteiger partial charge in [-0.1, -0.05) is 12.2 Å². The highest BCUT2D eigenvalue weighted by Crippen LogP contribution is 2.53. The van der Waals surface area contributed by atoms with Gasteiger partial charge in [-0.25, -0.2) is 4.79 Å². The van der Waals surface area contributed by atoms with Crippen molar-refractivity contribution >= 4 is 17.8 Å². The Balaban J connectivity index is 1.60. The van der Waals surface area contributed by atoms with Crippen LogP contribution in [0, 0.1) is 17.8 Å². The Hall–Kier alpha value is -1.65. The van der Waals surface area contributed by atoms with Gasteiger partial charge in [-0.3, -0.25) is 9.59 Å². The van der Waals surface area contributed by atoms with Crippen molar-refractivity contribution in [2.75, 3.05) is 0 Å². The van der Waals surface area contributed by atoms with Gasteiger partial charge in [0.15, 0.2) is 0 Å². The zero-order chi connectivity index (χ0) is 13.4. The standard InChI is InChI=1S/C14H17NO4/c16-11-7-8-12(17)15(11)19-14(18)13-9-5-3-1-2-4-6-10(9)13/h1-2,9-10,13H,3-8H2/t9-,10+,13?. The summed E-state index contributed by atoms with van der Waals surface area (Å²) in [4.78, 5) is 39.9. The molecule has 3 atom stereocenters. The van der Waals surface area contributed by atoms with Crippen molar-refractivity contribution in [2.45, 2.75) is 38.5 Å². The molecule has 0 N–H and O–H groups in total. The lowest BCUT2D eigenvalue weighted by Gasteiger charge is -2.12. The van der Waals surface area contributed by atoms with Crippen LogP contribution in [0.25, 0.3) is 0 Å². The van der Waals surface area contributed by atoms with E-state index in [-0.39, 0.29) is 18.8 Å². The molecule has 1 unspecified atom stereocenters. The summed E-state index contributed by atoms with van der Waals surface area (Å²) < 4.78 is 0. The van der Waals surface area contributed by atoms with Gasteiger partial charge in [0.1, 0.15) is 0 Å². The fraction of sp³-hybridized carbons (Fsp3) is 0.643. The maximum atomic E-state index is 12.1. The predicted molar refractivity (Wildman–Crippen MR) is 65.3 cm³/mol. The van der Waals surface area contributed by atoms with Crippen molar-refractivity contribution in [2.24, 2.45) is 17.8 Å². The molecule has 0 radical (unpaired) electrons. The molecule has 0 aromatic heterocycles. The third kappa shape index (κ3) is 2.29. The average Bonchev–Trinajstić information content (AvgIpc) is 2.94. The van der Waals surface area contributed by atoms with E-state index in [9.17, 15) is 14.4 Å². The number of hydrogen-bond acceptors (Lipinski definition) is 4. The average molecular weight is 263 g/mol. The van der Waals surface area contributed by atoms with Crippen LogP contribution in [0.1, 0.15) is 38.5 Å². The SMILES string of the molecule is O=C(ON1C(=O)CCC1=O)C1[C@H]2CCC=CCC[C@@H]12. The summed E-state index contributed by atoms with van der Waals surface area (Å²) in [6.07, 6.45) is 8.57. The van der Waals surface area contributed by atoms with Gasteiger partial charge in [0, 0.05) is 12.8 Å². The second kappa shape index (κ2) is 4.79. The summed E-state index contributed by atoms with van der Waals surface area (Å²) >= 11 is 0. The van der Waals surface area contributed by atoms with Gasteiger partial charge >= 0.3 is 5.97 Å². The molecule has 19 heavy (non-hydrogen) atoms. The van der Waals surface area contributed by atoms with Crippen molar-refractivity contribution in [1.82, 2.24) is 5.06 Å². The highest BCUT2D eigenvalue weighted by atomic mass is 16.7. The Labute approximate surface area is 111 Å². The third-order valence-corrected chi connectivity index (χ3v) is 4.29. The minimum atomic E-state index is -0.405. The van der Waals surface area contributed by atoms with Gasteiger partial charge in [0.05, 0.1) is 5.92 Å². The normalized spacial score (nSPS) is 33.7. The van der Waals surface area contributed by atoms with E-state index < -0.39 is 17.8 Å². The van der Waals surface area contributed by atoms with Gasteiger partial charge in [-0.2, -0.15) is 0 Å². The number of amides is 2. The Morgan fingerprint density at radius 3 is 2.11 bits per heavy atom. The molecule has 0 bridgehead atoms. The van der Waals surface area contributed by atoms with E-state index >= 15 is 0 Å². The van der Waals surface area contributed by atoms with Crippen molar-refractivity contribution in [3.8, 4) is 0 Å². The van der Waals surface area contributed by atoms with E-state index in [1.165, 1.54) is 0 Å². The summed E-state index contributed by atoms with van der Waals surface area (Å²) in [6.45, 7) is 0. The summed E-state index contributed by atoms with van der Waals surface area (Å²) in [5.41, 5.74) is 0. The van der Waals surface area contributed by atoms with E-state index in [0.717, 1.165) is 25.7 Å². The van der Waals surface area contributed by atoms with E-state index in [1.807, 2.05) is 0 Å². The fourth-order valence-corrected chi connectivity index (χ4v) is 3.20. The van der Waals surface area contributed by atoms with Crippen molar-refractivity contribution < 1.29 is 19.2 Å². The first kappa shape index (κ1) is 12.4. The maximum absolute atomic E-state index is 12.1. The Morgan fingerprint density at radius 1 is 1.05 bits per heavy atom. The van der Waals surface area contributed by atoms with Gasteiger partial charge in [-0.05, 0) is 37.5 Å². The molecule has 102 valence electrons. The largest absolute Gasteiger partial charge is 0.336 e. The van der Waals surface area contributed by atoms with E-state index in [2.05, 4.69) is 12.2 Å². The smallest absolute Gasteiger partial charge is 0.330 e. The van der Waals surface area contributed by atoms with Crippen molar-refractivity contribution in [3.63, 3.8) is 0 Å². The van der Waals surface area contributed by atoms with Crippen LogP contribution in [0.4, 0.5) is 0 Å². The number of rotatable bonds is 2. The van der Waals surface area contributed by atoms with Gasteiger partial charge < -0.3 is 4.84 Å². The highest BCUT2D eigenvalue weighted by Gasteiger charge is 2.55. The van der Waals surface area contributed by atoms with E-state index in [0.29, 0.717) is 16.9 Å². The molecule has 0 aromatic carbocycles. The molecular weight excluding hydrogens is 246 g/mol. The molecule has 3 rings (SSSR count). The van der Waals surface area contributed by atoms with Crippen LogP contribution in [0.15, 0.2) is 12.2 Å². The van der Waals surface area contributed by atoms with Crippen LogP contribution in [0.3, 0.4) is 0 Å². The van der Waals surface area contributed by atoms with E-state index in [4.69, 9.17) is 4.84 Å². The molecule has 3 aliphatic rings. The molecule has 5 heteroatoms. The van der Waals surface area contributed by atoms with Crippen LogP contribution in [0.2, 0.25) is 0 Å². The van der Waals surface area contributed by atoms with E-state index in [1.54, 1.807) is 0 Å². The first-order chi connectivity index (χ1) is 9.18. The molecule has 1 heterocycles. The molecule has 1 aliphatic heterocycles. The number of nitrogens with zero attached hydrogens (tertiary/aromatic N) is 1. The summed E-state index contributed by atoms with van der Waals surface area (Å²) in [7, 11) is 0. The van der Waals surface area contributed by atoms with Crippen molar-refractivity contribution in [1.29, 1.82) is 0 Å². The summed E-state index contributed by atoms with van der Waals surface area (Å²) in [6, 6.07) is 0. The van der Waals surface area contributed by atoms with Crippen LogP contribution in [0.5, 0.6) is 0 Å². The molecule has 1 saturated carbocycles. The number of fused-ring (bicyclic) bond motifs is 1. The number of hydroxylamine groups is 2. The Morgan fingerprint density at radius 2 is 1.58 bits per heavy atom. The Kier molecular flexibility index (Phi) is 3.12. The minimum Gasteiger partial charge on any atom is -0.330 e. The molecule has 5 nitrogen and oxygen atoms in total. The minimum absolute atomic E-state index is 0.124. The zero-order valence-electron chi connectivity index (χ0n) is 10.7. The predicted octanol–water partition coefficient (Wildman–Crippen LogP) is 1.59. The molecule has 2 aliphatic carbocycles. The third-order valence-electron chi connectivity index (χ3n) is 4.29. The zero-order valence-corrected chi connectivity index (χ0v) is 10.7. The fourth-order valence-electron chi connectivity index (χ4n) is 3.20. The first-order valence-corrected chi connectivity index (χ1v) is 6.91. The van der Waals surface area contributed by atoms with Crippen LogP contribution in [-0.4, -0.2) is 22.8 Å². The van der Waals surface area contributed by atoms with Gasteiger partial charge in [0.2, 0.25) is 0 Å². The first-order valence-electron chi connectivity index (χ1n) is 6.91. The molecule has 0 spiro atoms. The molecular formula is C14H17NO4. The number of allylic oxidation sites excluding steroid dienone is 2. The highest BCUT2D eigenvalue weighted by molar-refractivity contribution is 6.01. The van der Waals surface area contributed by atoms with Crippen LogP contribution in [-0.2, 0) is 19.2 Å². The number of carbonyl (C=O) groups is 3. The lowest BCUT2D eigenvalue weighted by Crippen LogP contribution is -2.33. The lowest BCUT2D eigenvalue weighted by atomic mass is 10.1. The Bertz CT molecular complexity index is 424. The quantitative estimate of drug-likeness (QED) is 0.560. The molecule has 2 amide bonds. The van der Waals surface area contributed by atoms with Crippen molar-refractivity contribution in [3.05, 3.63) is 12.2 Å². The van der Waals surface area contributed by atoms with Gasteiger partial charge in [0.25, 0.3) is 11.8 Å². The molecule has 2 fully saturated rings. The van der Waals surface area contributed by atoms with Crippen LogP contribution < -0.4 is 0 Å². The number of carbonyl (C=O) groups excluding carboxylic acids is 3. The van der Waals surface area contributed by atoms with Gasteiger partial charge in [-0.15, -0.1) is 5.06 Å². The topological polar surface area (TPSA) is 63.7 Å².